The van der Waals surface area contributed by atoms with Crippen molar-refractivity contribution in [2.75, 3.05) is 25.0 Å². The molecule has 1 fully saturated rings. The van der Waals surface area contributed by atoms with Gasteiger partial charge in [-0.25, -0.2) is 9.78 Å². The van der Waals surface area contributed by atoms with Gasteiger partial charge in [0.05, 0.1) is 21.8 Å². The second-order valence-electron chi connectivity index (χ2n) is 7.53. The molecule has 13 heteroatoms. The smallest absolute Gasteiger partial charge is 0.416 e. The molecule has 0 saturated carbocycles. The lowest BCUT2D eigenvalue weighted by Gasteiger charge is -2.36. The highest BCUT2D eigenvalue weighted by Gasteiger charge is 2.33. The molecule has 1 unspecified atom stereocenters. The quantitative estimate of drug-likeness (QED) is 0.408. The normalized spacial score (nSPS) is 16.3. The minimum Gasteiger partial charge on any atom is -0.465 e. The van der Waals surface area contributed by atoms with E-state index in [1.165, 1.54) is 17.0 Å². The van der Waals surface area contributed by atoms with Gasteiger partial charge in [-0.05, 0) is 48.4 Å². The molecule has 2 heterocycles. The van der Waals surface area contributed by atoms with E-state index >= 15 is 0 Å². The number of rotatable bonds is 3. The summed E-state index contributed by atoms with van der Waals surface area (Å²) in [7, 11) is 0. The van der Waals surface area contributed by atoms with Crippen LogP contribution in [-0.4, -0.2) is 46.6 Å². The summed E-state index contributed by atoms with van der Waals surface area (Å²) in [6.45, 7) is 2.80. The number of hydrogen-bond acceptors (Lipinski definition) is 5. The lowest BCUT2D eigenvalue weighted by molar-refractivity contribution is -0.137. The van der Waals surface area contributed by atoms with E-state index in [1.54, 1.807) is 13.0 Å². The van der Waals surface area contributed by atoms with Crippen LogP contribution in [-0.2, 0) is 6.18 Å². The van der Waals surface area contributed by atoms with Crippen LogP contribution in [0.25, 0.3) is 10.2 Å². The van der Waals surface area contributed by atoms with E-state index in [0.29, 0.717) is 34.8 Å². The van der Waals surface area contributed by atoms with E-state index in [0.717, 1.165) is 23.5 Å². The molecule has 4 rings (SSSR count). The average molecular weight is 535 g/mol. The van der Waals surface area contributed by atoms with Crippen LogP contribution in [0, 0.1) is 6.92 Å². The van der Waals surface area contributed by atoms with Crippen molar-refractivity contribution in [3.05, 3.63) is 57.6 Å². The topological polar surface area (TPSA) is 94.6 Å². The fraction of sp³-hybridized carbons (Fsp3) is 0.286. The SMILES string of the molecule is Cc1cc(Cl)cc(C(=O)Nc2nc3ccc(C(F)(F)F)cc3s2)c1C1CNCCN1C(=O)O.Cl. The number of nitrogens with zero attached hydrogens (tertiary/aromatic N) is 2. The van der Waals surface area contributed by atoms with Gasteiger partial charge in [-0.1, -0.05) is 22.9 Å². The molecule has 0 bridgehead atoms. The number of benzene rings is 2. The van der Waals surface area contributed by atoms with E-state index in [-0.39, 0.29) is 34.3 Å². The third-order valence-corrected chi connectivity index (χ3v) is 6.51. The third kappa shape index (κ3) is 5.22. The summed E-state index contributed by atoms with van der Waals surface area (Å²) in [5.41, 5.74) is 0.844. The minimum atomic E-state index is -4.49. The monoisotopic (exact) mass is 534 g/mol. The van der Waals surface area contributed by atoms with Crippen molar-refractivity contribution >= 4 is 62.7 Å². The lowest BCUT2D eigenvalue weighted by atomic mass is 9.92. The lowest BCUT2D eigenvalue weighted by Crippen LogP contribution is -2.48. The summed E-state index contributed by atoms with van der Waals surface area (Å²) in [4.78, 5) is 30.4. The Morgan fingerprint density at radius 2 is 2.03 bits per heavy atom. The molecule has 1 atom stereocenters. The molecule has 2 aromatic carbocycles. The number of amides is 2. The third-order valence-electron chi connectivity index (χ3n) is 5.35. The Kier molecular flexibility index (Phi) is 7.61. The number of nitrogens with one attached hydrogen (secondary N) is 2. The summed E-state index contributed by atoms with van der Waals surface area (Å²) < 4.78 is 39.2. The van der Waals surface area contributed by atoms with Crippen LogP contribution in [0.4, 0.5) is 23.1 Å². The number of hydrogen-bond donors (Lipinski definition) is 3. The van der Waals surface area contributed by atoms with Gasteiger partial charge < -0.3 is 10.4 Å². The predicted octanol–water partition coefficient (Wildman–Crippen LogP) is 5.58. The number of alkyl halides is 3. The highest BCUT2D eigenvalue weighted by molar-refractivity contribution is 7.22. The van der Waals surface area contributed by atoms with Gasteiger partial charge in [0.25, 0.3) is 5.91 Å². The first-order valence-electron chi connectivity index (χ1n) is 9.84. The Balaban J connectivity index is 0.00000324. The van der Waals surface area contributed by atoms with Gasteiger partial charge in [-0.2, -0.15) is 13.2 Å². The Hall–Kier alpha value is -2.60. The molecule has 34 heavy (non-hydrogen) atoms. The van der Waals surface area contributed by atoms with Gasteiger partial charge in [0.15, 0.2) is 5.13 Å². The van der Waals surface area contributed by atoms with Gasteiger partial charge in [-0.15, -0.1) is 12.4 Å². The van der Waals surface area contributed by atoms with E-state index in [1.807, 2.05) is 0 Å². The fourth-order valence-electron chi connectivity index (χ4n) is 3.89. The van der Waals surface area contributed by atoms with Crippen LogP contribution in [0.1, 0.15) is 33.1 Å². The molecule has 7 nitrogen and oxygen atoms in total. The number of anilines is 1. The largest absolute Gasteiger partial charge is 0.465 e. The van der Waals surface area contributed by atoms with Gasteiger partial charge in [0.2, 0.25) is 0 Å². The predicted molar refractivity (Wildman–Crippen MR) is 126 cm³/mol. The summed E-state index contributed by atoms with van der Waals surface area (Å²) in [5, 5.41) is 15.8. The van der Waals surface area contributed by atoms with Crippen LogP contribution in [0.5, 0.6) is 0 Å². The Morgan fingerprint density at radius 3 is 2.71 bits per heavy atom. The maximum absolute atomic E-state index is 13.2. The number of fused-ring (bicyclic) bond motifs is 1. The van der Waals surface area contributed by atoms with Crippen LogP contribution in [0.2, 0.25) is 5.02 Å². The molecule has 182 valence electrons. The molecular weight excluding hydrogens is 516 g/mol. The van der Waals surface area contributed by atoms with E-state index in [2.05, 4.69) is 15.6 Å². The van der Waals surface area contributed by atoms with Crippen LogP contribution in [0.3, 0.4) is 0 Å². The van der Waals surface area contributed by atoms with Crippen LogP contribution in [0.15, 0.2) is 30.3 Å². The number of piperazine rings is 1. The number of aryl methyl sites for hydroxylation is 1. The highest BCUT2D eigenvalue weighted by atomic mass is 35.5. The van der Waals surface area contributed by atoms with Gasteiger partial charge >= 0.3 is 12.3 Å². The molecule has 1 aromatic heterocycles. The first kappa shape index (κ1) is 26.0. The van der Waals surface area contributed by atoms with Crippen molar-refractivity contribution in [2.45, 2.75) is 19.1 Å². The summed E-state index contributed by atoms with van der Waals surface area (Å²) >= 11 is 7.10. The first-order chi connectivity index (χ1) is 15.5. The van der Waals surface area contributed by atoms with Crippen molar-refractivity contribution in [1.29, 1.82) is 0 Å². The maximum atomic E-state index is 13.2. The zero-order valence-corrected chi connectivity index (χ0v) is 20.0. The Bertz CT molecular complexity index is 1250. The van der Waals surface area contributed by atoms with E-state index < -0.39 is 29.8 Å². The molecule has 1 aliphatic rings. The Morgan fingerprint density at radius 1 is 1.29 bits per heavy atom. The molecule has 3 aromatic rings. The van der Waals surface area contributed by atoms with E-state index in [4.69, 9.17) is 11.6 Å². The zero-order valence-electron chi connectivity index (χ0n) is 17.6. The average Bonchev–Trinajstić information content (AvgIpc) is 3.14. The molecule has 0 radical (unpaired) electrons. The number of thiazole rings is 1. The molecule has 3 N–H and O–H groups in total. The second kappa shape index (κ2) is 9.95. The van der Waals surface area contributed by atoms with Crippen molar-refractivity contribution in [1.82, 2.24) is 15.2 Å². The standard InChI is InChI=1S/C21H18ClF3N4O3S.ClH/c1-10-6-12(22)8-13(17(10)15-9-26-4-5-29(15)20(31)32)18(30)28-19-27-14-3-2-11(21(23,24)25)7-16(14)33-19;/h2-3,6-8,15,26H,4-5,9H2,1H3,(H,31,32)(H,27,28,30);1H. The van der Waals surface area contributed by atoms with Gasteiger partial charge in [0.1, 0.15) is 0 Å². The second-order valence-corrected chi connectivity index (χ2v) is 9.00. The number of carbonyl (C=O) groups excluding carboxylic acids is 1. The zero-order chi connectivity index (χ0) is 23.9. The summed E-state index contributed by atoms with van der Waals surface area (Å²) in [6.07, 6.45) is -5.59. The van der Waals surface area contributed by atoms with E-state index in [9.17, 15) is 27.9 Å². The van der Waals surface area contributed by atoms with Crippen molar-refractivity contribution in [3.8, 4) is 0 Å². The maximum Gasteiger partial charge on any atom is 0.416 e. The van der Waals surface area contributed by atoms with Gasteiger partial charge in [-0.3, -0.25) is 15.0 Å². The molecule has 0 aliphatic carbocycles. The molecule has 1 saturated heterocycles. The van der Waals surface area contributed by atoms with Crippen molar-refractivity contribution < 1.29 is 27.9 Å². The number of halogens is 5. The molecular formula is C21H19Cl2F3N4O3S. The molecule has 0 spiro atoms. The number of aromatic nitrogens is 1. The summed E-state index contributed by atoms with van der Waals surface area (Å²) in [5.74, 6) is -0.582. The number of carbonyl (C=O) groups is 2. The van der Waals surface area contributed by atoms with Crippen LogP contribution < -0.4 is 10.6 Å². The fourth-order valence-corrected chi connectivity index (χ4v) is 5.07. The van der Waals surface area contributed by atoms with Crippen molar-refractivity contribution in [3.63, 3.8) is 0 Å². The molecule has 2 amide bonds. The molecule has 1 aliphatic heterocycles. The van der Waals surface area contributed by atoms with Crippen LogP contribution >= 0.6 is 35.3 Å². The van der Waals surface area contributed by atoms with Crippen molar-refractivity contribution in [2.24, 2.45) is 0 Å². The van der Waals surface area contributed by atoms with Gasteiger partial charge in [0, 0.05) is 30.2 Å². The first-order valence-corrected chi connectivity index (χ1v) is 11.0. The Labute approximate surface area is 207 Å². The minimum absolute atomic E-state index is 0. The number of carboxylic acid groups (broad SMARTS) is 1. The summed E-state index contributed by atoms with van der Waals surface area (Å²) in [6, 6.07) is 5.65. The highest BCUT2D eigenvalue weighted by Crippen LogP contribution is 2.35.